The second kappa shape index (κ2) is 6.91. The molecular formula is C13H14N2O4. The van der Waals surface area contributed by atoms with Crippen LogP contribution in [0.2, 0.25) is 0 Å². The minimum Gasteiger partial charge on any atom is -0.506 e. The van der Waals surface area contributed by atoms with Crippen molar-refractivity contribution in [3.8, 4) is 17.6 Å². The van der Waals surface area contributed by atoms with Gasteiger partial charge >= 0.3 is 12.0 Å². The summed E-state index contributed by atoms with van der Waals surface area (Å²) in [5, 5.41) is 23.3. The summed E-state index contributed by atoms with van der Waals surface area (Å²) < 4.78 is 0. The summed E-state index contributed by atoms with van der Waals surface area (Å²) in [6.07, 6.45) is 0.536. The molecule has 0 saturated heterocycles. The van der Waals surface area contributed by atoms with Crippen molar-refractivity contribution in [1.82, 2.24) is 5.32 Å². The highest BCUT2D eigenvalue weighted by molar-refractivity contribution is 5.93. The lowest BCUT2D eigenvalue weighted by Gasteiger charge is -2.08. The zero-order valence-electron chi connectivity index (χ0n) is 10.4. The molecule has 0 spiro atoms. The Kier molecular flexibility index (Phi) is 5.23. The Morgan fingerprint density at radius 3 is 2.68 bits per heavy atom. The number of aromatic carboxylic acids is 1. The highest BCUT2D eigenvalue weighted by Gasteiger charge is 2.09. The molecule has 2 amide bonds. The quantitative estimate of drug-likeness (QED) is 0.376. The molecule has 0 aliphatic carbocycles. The third kappa shape index (κ3) is 4.60. The largest absolute Gasteiger partial charge is 0.506 e. The summed E-state index contributed by atoms with van der Waals surface area (Å²) in [5.74, 6) is 4.04. The molecule has 0 unspecified atom stereocenters. The Bertz CT molecular complexity index is 543. The van der Waals surface area contributed by atoms with E-state index in [0.717, 1.165) is 6.07 Å². The van der Waals surface area contributed by atoms with E-state index in [1.807, 2.05) is 0 Å². The van der Waals surface area contributed by atoms with E-state index < -0.39 is 12.0 Å². The Hall–Kier alpha value is -2.68. The van der Waals surface area contributed by atoms with Crippen LogP contribution in [-0.2, 0) is 0 Å². The van der Waals surface area contributed by atoms with Crippen molar-refractivity contribution in [2.45, 2.75) is 13.3 Å². The molecule has 0 bridgehead atoms. The van der Waals surface area contributed by atoms with Crippen molar-refractivity contribution in [2.75, 3.05) is 11.9 Å². The number of carboxylic acid groups (broad SMARTS) is 1. The van der Waals surface area contributed by atoms with Crippen LogP contribution < -0.4 is 10.6 Å². The van der Waals surface area contributed by atoms with Gasteiger partial charge in [0.2, 0.25) is 0 Å². The smallest absolute Gasteiger partial charge is 0.335 e. The van der Waals surface area contributed by atoms with Gasteiger partial charge in [-0.05, 0) is 25.1 Å². The molecule has 0 fully saturated rings. The van der Waals surface area contributed by atoms with Crippen molar-refractivity contribution >= 4 is 17.7 Å². The number of urea groups is 1. The first-order valence-corrected chi connectivity index (χ1v) is 5.55. The minimum absolute atomic E-state index is 0.0540. The predicted molar refractivity (Wildman–Crippen MR) is 70.2 cm³/mol. The van der Waals surface area contributed by atoms with E-state index in [1.165, 1.54) is 12.1 Å². The van der Waals surface area contributed by atoms with Crippen LogP contribution in [0.1, 0.15) is 23.7 Å². The van der Waals surface area contributed by atoms with Crippen LogP contribution in [-0.4, -0.2) is 28.8 Å². The van der Waals surface area contributed by atoms with E-state index in [4.69, 9.17) is 5.11 Å². The number of anilines is 1. The zero-order valence-corrected chi connectivity index (χ0v) is 10.4. The maximum absolute atomic E-state index is 11.4. The van der Waals surface area contributed by atoms with Crippen molar-refractivity contribution in [2.24, 2.45) is 0 Å². The fourth-order valence-electron chi connectivity index (χ4n) is 1.30. The number of rotatable bonds is 4. The minimum atomic E-state index is -1.15. The maximum Gasteiger partial charge on any atom is 0.335 e. The van der Waals surface area contributed by atoms with Crippen LogP contribution >= 0.6 is 0 Å². The molecule has 0 aromatic heterocycles. The molecule has 0 saturated carbocycles. The summed E-state index contributed by atoms with van der Waals surface area (Å²) in [6, 6.07) is 3.20. The van der Waals surface area contributed by atoms with E-state index in [1.54, 1.807) is 6.92 Å². The Labute approximate surface area is 110 Å². The van der Waals surface area contributed by atoms with Crippen molar-refractivity contribution in [1.29, 1.82) is 0 Å². The van der Waals surface area contributed by atoms with Crippen molar-refractivity contribution in [3.63, 3.8) is 0 Å². The highest BCUT2D eigenvalue weighted by atomic mass is 16.4. The molecule has 6 nitrogen and oxygen atoms in total. The topological polar surface area (TPSA) is 98.7 Å². The lowest BCUT2D eigenvalue weighted by Crippen LogP contribution is -2.29. The summed E-state index contributed by atoms with van der Waals surface area (Å²) in [7, 11) is 0. The first-order chi connectivity index (χ1) is 9.04. The molecule has 0 atom stereocenters. The van der Waals surface area contributed by atoms with Gasteiger partial charge in [-0.1, -0.05) is 0 Å². The number of phenolic OH excluding ortho intramolecular Hbond substituents is 1. The monoisotopic (exact) mass is 262 g/mol. The Morgan fingerprint density at radius 1 is 1.37 bits per heavy atom. The van der Waals surface area contributed by atoms with E-state index in [0.29, 0.717) is 13.0 Å². The fraction of sp³-hybridized carbons (Fsp3) is 0.231. The van der Waals surface area contributed by atoms with Gasteiger partial charge in [-0.3, -0.25) is 0 Å². The molecule has 19 heavy (non-hydrogen) atoms. The number of carbonyl (C=O) groups excluding carboxylic acids is 1. The van der Waals surface area contributed by atoms with Gasteiger partial charge in [0.25, 0.3) is 0 Å². The van der Waals surface area contributed by atoms with Gasteiger partial charge in [-0.25, -0.2) is 9.59 Å². The van der Waals surface area contributed by atoms with Gasteiger partial charge in [0.1, 0.15) is 5.75 Å². The number of hydrogen-bond donors (Lipinski definition) is 4. The first kappa shape index (κ1) is 14.4. The molecule has 1 rings (SSSR count). The number of benzene rings is 1. The fourth-order valence-corrected chi connectivity index (χ4v) is 1.30. The number of carboxylic acids is 1. The molecule has 1 aromatic rings. The summed E-state index contributed by atoms with van der Waals surface area (Å²) >= 11 is 0. The Morgan fingerprint density at radius 2 is 2.11 bits per heavy atom. The van der Waals surface area contributed by atoms with Crippen LogP contribution in [0.25, 0.3) is 0 Å². The van der Waals surface area contributed by atoms with Gasteiger partial charge in [-0.15, -0.1) is 11.8 Å². The number of amides is 2. The molecule has 0 aliphatic rings. The molecule has 100 valence electrons. The van der Waals surface area contributed by atoms with E-state index in [-0.39, 0.29) is 17.0 Å². The van der Waals surface area contributed by atoms with Gasteiger partial charge in [0, 0.05) is 13.0 Å². The lowest BCUT2D eigenvalue weighted by molar-refractivity contribution is 0.0696. The van der Waals surface area contributed by atoms with Gasteiger partial charge in [-0.2, -0.15) is 0 Å². The normalized spacial score (nSPS) is 9.11. The zero-order chi connectivity index (χ0) is 14.3. The van der Waals surface area contributed by atoms with Crippen LogP contribution in [0.3, 0.4) is 0 Å². The van der Waals surface area contributed by atoms with Crippen LogP contribution in [0.4, 0.5) is 10.5 Å². The molecule has 0 aliphatic heterocycles. The Balaban J connectivity index is 2.58. The highest BCUT2D eigenvalue weighted by Crippen LogP contribution is 2.24. The summed E-state index contributed by atoms with van der Waals surface area (Å²) in [4.78, 5) is 22.1. The third-order valence-electron chi connectivity index (χ3n) is 2.21. The second-order valence-corrected chi connectivity index (χ2v) is 3.59. The number of nitrogens with one attached hydrogen (secondary N) is 2. The summed E-state index contributed by atoms with van der Waals surface area (Å²) in [5.41, 5.74) is 0.0887. The maximum atomic E-state index is 11.4. The van der Waals surface area contributed by atoms with Crippen molar-refractivity contribution < 1.29 is 19.8 Å². The molecule has 0 heterocycles. The van der Waals surface area contributed by atoms with Crippen molar-refractivity contribution in [3.05, 3.63) is 23.8 Å². The first-order valence-electron chi connectivity index (χ1n) is 5.55. The third-order valence-corrected chi connectivity index (χ3v) is 2.21. The number of carbonyl (C=O) groups is 2. The molecule has 1 aromatic carbocycles. The van der Waals surface area contributed by atoms with Crippen LogP contribution in [0, 0.1) is 11.8 Å². The van der Waals surface area contributed by atoms with Crippen LogP contribution in [0.5, 0.6) is 5.75 Å². The van der Waals surface area contributed by atoms with E-state index >= 15 is 0 Å². The second-order valence-electron chi connectivity index (χ2n) is 3.59. The van der Waals surface area contributed by atoms with Gasteiger partial charge in [0.05, 0.1) is 11.3 Å². The molecule has 4 N–H and O–H groups in total. The average Bonchev–Trinajstić information content (AvgIpc) is 2.37. The standard InChI is InChI=1S/C13H14N2O4/c1-2-3-4-7-14-13(19)15-10-6-5-9(12(17)18)8-11(10)16/h5-6,8,16H,4,7H2,1H3,(H,17,18)(H2,14,15,19). The molecule has 0 radical (unpaired) electrons. The molecule has 6 heteroatoms. The lowest BCUT2D eigenvalue weighted by atomic mass is 10.2. The molecular weight excluding hydrogens is 248 g/mol. The SMILES string of the molecule is CC#CCCNC(=O)Nc1ccc(C(=O)O)cc1O. The van der Waals surface area contributed by atoms with E-state index in [2.05, 4.69) is 22.5 Å². The number of phenols is 1. The average molecular weight is 262 g/mol. The van der Waals surface area contributed by atoms with Gasteiger partial charge < -0.3 is 20.8 Å². The number of aromatic hydroxyl groups is 1. The van der Waals surface area contributed by atoms with Crippen LogP contribution in [0.15, 0.2) is 18.2 Å². The van der Waals surface area contributed by atoms with Gasteiger partial charge in [0.15, 0.2) is 0 Å². The van der Waals surface area contributed by atoms with E-state index in [9.17, 15) is 14.7 Å². The number of hydrogen-bond acceptors (Lipinski definition) is 3. The predicted octanol–water partition coefficient (Wildman–Crippen LogP) is 1.63. The summed E-state index contributed by atoms with van der Waals surface area (Å²) in [6.45, 7) is 2.10.